The summed E-state index contributed by atoms with van der Waals surface area (Å²) in [4.78, 5) is 1.99. The quantitative estimate of drug-likeness (QED) is 0.751. The SMILES string of the molecule is C[C@H]1CC[C@H](c2ccccc2)S(=O)(=O)N1Cc1ccc(N2CCCOC2)cc1F. The molecule has 0 aliphatic carbocycles. The molecular weight excluding hydrogens is 391 g/mol. The van der Waals surface area contributed by atoms with E-state index in [2.05, 4.69) is 0 Å². The van der Waals surface area contributed by atoms with E-state index >= 15 is 0 Å². The smallest absolute Gasteiger partial charge is 0.221 e. The molecule has 0 N–H and O–H groups in total. The third-order valence-corrected chi connectivity index (χ3v) is 8.26. The first kappa shape index (κ1) is 20.3. The van der Waals surface area contributed by atoms with Gasteiger partial charge < -0.3 is 9.64 Å². The number of anilines is 1. The first-order valence-electron chi connectivity index (χ1n) is 10.1. The molecule has 2 aliphatic rings. The lowest BCUT2D eigenvalue weighted by atomic mass is 10.0. The Morgan fingerprint density at radius 3 is 2.62 bits per heavy atom. The van der Waals surface area contributed by atoms with Crippen LogP contribution in [0.15, 0.2) is 48.5 Å². The monoisotopic (exact) mass is 418 g/mol. The Balaban J connectivity index is 1.57. The minimum absolute atomic E-state index is 0.0510. The Hall–Kier alpha value is -1.96. The van der Waals surface area contributed by atoms with E-state index in [-0.39, 0.29) is 18.4 Å². The van der Waals surface area contributed by atoms with Gasteiger partial charge in [0.1, 0.15) is 17.8 Å². The third kappa shape index (κ3) is 4.17. The number of ether oxygens (including phenoxy) is 1. The standard InChI is InChI=1S/C22H27FN2O3S/c1-17-8-11-22(18-6-3-2-4-7-18)29(26,27)25(17)15-19-9-10-20(14-21(19)23)24-12-5-13-28-16-24/h2-4,6-7,9-10,14,17,22H,5,8,11-13,15-16H2,1H3/t17-,22+/m0/s1. The Morgan fingerprint density at radius 2 is 1.93 bits per heavy atom. The summed E-state index contributed by atoms with van der Waals surface area (Å²) in [6, 6.07) is 14.2. The first-order valence-corrected chi connectivity index (χ1v) is 11.6. The number of sulfonamides is 1. The van der Waals surface area contributed by atoms with Crippen molar-refractivity contribution in [1.29, 1.82) is 0 Å². The second kappa shape index (κ2) is 8.42. The van der Waals surface area contributed by atoms with Crippen LogP contribution in [0, 0.1) is 5.82 Å². The highest BCUT2D eigenvalue weighted by Gasteiger charge is 2.40. The zero-order valence-electron chi connectivity index (χ0n) is 16.6. The van der Waals surface area contributed by atoms with Gasteiger partial charge in [0.25, 0.3) is 0 Å². The lowest BCUT2D eigenvalue weighted by Gasteiger charge is -2.37. The Labute approximate surface area is 172 Å². The second-order valence-electron chi connectivity index (χ2n) is 7.85. The van der Waals surface area contributed by atoms with E-state index in [1.165, 1.54) is 10.4 Å². The van der Waals surface area contributed by atoms with E-state index < -0.39 is 15.3 Å². The average molecular weight is 419 g/mol. The van der Waals surface area contributed by atoms with Gasteiger partial charge in [0.2, 0.25) is 10.0 Å². The van der Waals surface area contributed by atoms with Gasteiger partial charge in [-0.15, -0.1) is 0 Å². The van der Waals surface area contributed by atoms with Crippen molar-refractivity contribution in [1.82, 2.24) is 4.31 Å². The van der Waals surface area contributed by atoms with Crippen molar-refractivity contribution in [2.45, 2.75) is 44.0 Å². The summed E-state index contributed by atoms with van der Waals surface area (Å²) < 4.78 is 48.4. The lowest BCUT2D eigenvalue weighted by Crippen LogP contribution is -2.44. The molecule has 2 saturated heterocycles. The van der Waals surface area contributed by atoms with Crippen molar-refractivity contribution < 1.29 is 17.5 Å². The highest BCUT2D eigenvalue weighted by atomic mass is 32.2. The van der Waals surface area contributed by atoms with E-state index in [4.69, 9.17) is 4.74 Å². The molecule has 2 aromatic rings. The molecular formula is C22H27FN2O3S. The van der Waals surface area contributed by atoms with Gasteiger partial charge >= 0.3 is 0 Å². The Bertz CT molecular complexity index is 946. The minimum Gasteiger partial charge on any atom is -0.361 e. The summed E-state index contributed by atoms with van der Waals surface area (Å²) in [6.45, 7) is 3.96. The number of halogens is 1. The molecule has 2 fully saturated rings. The summed E-state index contributed by atoms with van der Waals surface area (Å²) in [5.41, 5.74) is 1.96. The van der Waals surface area contributed by atoms with Crippen molar-refractivity contribution in [2.24, 2.45) is 0 Å². The Kier molecular flexibility index (Phi) is 5.90. The van der Waals surface area contributed by atoms with Crippen molar-refractivity contribution >= 4 is 15.7 Å². The van der Waals surface area contributed by atoms with Crippen LogP contribution in [-0.4, -0.2) is 38.6 Å². The maximum atomic E-state index is 14.9. The zero-order valence-corrected chi connectivity index (χ0v) is 17.4. The van der Waals surface area contributed by atoms with Gasteiger partial charge in [-0.1, -0.05) is 36.4 Å². The highest BCUT2D eigenvalue weighted by Crippen LogP contribution is 2.38. The highest BCUT2D eigenvalue weighted by molar-refractivity contribution is 7.89. The van der Waals surface area contributed by atoms with Gasteiger partial charge in [-0.25, -0.2) is 12.8 Å². The summed E-state index contributed by atoms with van der Waals surface area (Å²) in [6.07, 6.45) is 2.25. The second-order valence-corrected chi connectivity index (χ2v) is 9.91. The fraction of sp³-hybridized carbons (Fsp3) is 0.455. The van der Waals surface area contributed by atoms with Crippen molar-refractivity contribution in [3.05, 3.63) is 65.5 Å². The number of nitrogens with zero attached hydrogens (tertiary/aromatic N) is 2. The minimum atomic E-state index is -3.58. The molecule has 5 nitrogen and oxygen atoms in total. The van der Waals surface area contributed by atoms with Crippen LogP contribution in [0.5, 0.6) is 0 Å². The largest absolute Gasteiger partial charge is 0.361 e. The van der Waals surface area contributed by atoms with Crippen molar-refractivity contribution in [3.8, 4) is 0 Å². The van der Waals surface area contributed by atoms with Gasteiger partial charge in [0.05, 0.1) is 6.61 Å². The normalized spacial score (nSPS) is 25.1. The molecule has 4 rings (SSSR count). The van der Waals surface area contributed by atoms with Crippen LogP contribution >= 0.6 is 0 Å². The predicted octanol–water partition coefficient (Wildman–Crippen LogP) is 4.07. The van der Waals surface area contributed by atoms with E-state index in [9.17, 15) is 12.8 Å². The maximum Gasteiger partial charge on any atom is 0.221 e. The molecule has 0 bridgehead atoms. The van der Waals surface area contributed by atoms with Crippen LogP contribution in [0.4, 0.5) is 10.1 Å². The van der Waals surface area contributed by atoms with E-state index in [0.717, 1.165) is 37.2 Å². The van der Waals surface area contributed by atoms with E-state index in [0.29, 0.717) is 18.7 Å². The van der Waals surface area contributed by atoms with Gasteiger partial charge in [-0.3, -0.25) is 0 Å². The van der Waals surface area contributed by atoms with Crippen LogP contribution in [0.1, 0.15) is 42.6 Å². The first-order chi connectivity index (χ1) is 14.0. The van der Waals surface area contributed by atoms with Crippen LogP contribution in [0.3, 0.4) is 0 Å². The fourth-order valence-corrected chi connectivity index (χ4v) is 6.37. The topological polar surface area (TPSA) is 49.9 Å². The molecule has 2 aliphatic heterocycles. The van der Waals surface area contributed by atoms with Crippen LogP contribution in [0.2, 0.25) is 0 Å². The molecule has 0 spiro atoms. The molecule has 2 heterocycles. The maximum absolute atomic E-state index is 14.9. The van der Waals surface area contributed by atoms with Crippen LogP contribution < -0.4 is 4.90 Å². The third-order valence-electron chi connectivity index (χ3n) is 5.89. The summed E-state index contributed by atoms with van der Waals surface area (Å²) in [5.74, 6) is -0.377. The molecule has 0 radical (unpaired) electrons. The lowest BCUT2D eigenvalue weighted by molar-refractivity contribution is 0.107. The summed E-state index contributed by atoms with van der Waals surface area (Å²) in [7, 11) is -3.58. The number of benzene rings is 2. The van der Waals surface area contributed by atoms with Crippen molar-refractivity contribution in [3.63, 3.8) is 0 Å². The average Bonchev–Trinajstić information content (AvgIpc) is 2.73. The number of rotatable bonds is 4. The molecule has 29 heavy (non-hydrogen) atoms. The van der Waals surface area contributed by atoms with Gasteiger partial charge in [-0.2, -0.15) is 4.31 Å². The number of hydrogen-bond acceptors (Lipinski definition) is 4. The van der Waals surface area contributed by atoms with Crippen LogP contribution in [0.25, 0.3) is 0 Å². The van der Waals surface area contributed by atoms with Crippen LogP contribution in [-0.2, 0) is 21.3 Å². The summed E-state index contributed by atoms with van der Waals surface area (Å²) >= 11 is 0. The molecule has 2 aromatic carbocycles. The molecule has 156 valence electrons. The molecule has 0 amide bonds. The fourth-order valence-electron chi connectivity index (χ4n) is 4.18. The summed E-state index contributed by atoms with van der Waals surface area (Å²) in [5, 5.41) is -0.576. The number of hydrogen-bond donors (Lipinski definition) is 0. The molecule has 0 aromatic heterocycles. The molecule has 0 saturated carbocycles. The predicted molar refractivity (Wildman–Crippen MR) is 112 cm³/mol. The van der Waals surface area contributed by atoms with Gasteiger partial charge in [0.15, 0.2) is 0 Å². The molecule has 0 unspecified atom stereocenters. The van der Waals surface area contributed by atoms with Gasteiger partial charge in [0, 0.05) is 30.4 Å². The van der Waals surface area contributed by atoms with E-state index in [1.54, 1.807) is 6.07 Å². The van der Waals surface area contributed by atoms with E-state index in [1.807, 2.05) is 48.2 Å². The molecule has 2 atom stereocenters. The van der Waals surface area contributed by atoms with Gasteiger partial charge in [-0.05, 0) is 43.9 Å². The zero-order chi connectivity index (χ0) is 20.4. The van der Waals surface area contributed by atoms with Crippen molar-refractivity contribution in [2.75, 3.05) is 24.8 Å². The Morgan fingerprint density at radius 1 is 1.14 bits per heavy atom. The molecule has 7 heteroatoms.